The molecule has 2 heterocycles. The molecular formula is C24H36N4O5S. The molecule has 0 spiro atoms. The van der Waals surface area contributed by atoms with Gasteiger partial charge in [0.2, 0.25) is 15.9 Å². The van der Waals surface area contributed by atoms with Crippen LogP contribution in [-0.4, -0.2) is 111 Å². The maximum Gasteiger partial charge on any atom is 0.254 e. The highest BCUT2D eigenvalue weighted by Crippen LogP contribution is 2.27. The third-order valence-electron chi connectivity index (χ3n) is 7.23. The first-order valence-electron chi connectivity index (χ1n) is 12.3. The summed E-state index contributed by atoms with van der Waals surface area (Å²) in [4.78, 5) is 31.5. The molecule has 0 bridgehead atoms. The van der Waals surface area contributed by atoms with Crippen LogP contribution in [0.25, 0.3) is 0 Å². The second-order valence-corrected chi connectivity index (χ2v) is 11.4. The van der Waals surface area contributed by atoms with E-state index in [-0.39, 0.29) is 22.8 Å². The Kier molecular flexibility index (Phi) is 8.23. The van der Waals surface area contributed by atoms with Crippen LogP contribution < -0.4 is 0 Å². The Labute approximate surface area is 202 Å². The lowest BCUT2D eigenvalue weighted by molar-refractivity contribution is -0.134. The van der Waals surface area contributed by atoms with E-state index in [0.29, 0.717) is 51.5 Å². The smallest absolute Gasteiger partial charge is 0.254 e. The number of hydrogen-bond acceptors (Lipinski definition) is 6. The van der Waals surface area contributed by atoms with E-state index in [4.69, 9.17) is 4.74 Å². The van der Waals surface area contributed by atoms with Gasteiger partial charge >= 0.3 is 0 Å². The zero-order valence-electron chi connectivity index (χ0n) is 20.0. The summed E-state index contributed by atoms with van der Waals surface area (Å²) in [6, 6.07) is 6.37. The first kappa shape index (κ1) is 25.1. The molecule has 0 radical (unpaired) electrons. The number of amides is 2. The van der Waals surface area contributed by atoms with Gasteiger partial charge in [-0.2, -0.15) is 4.31 Å². The zero-order chi connectivity index (χ0) is 24.1. The molecule has 34 heavy (non-hydrogen) atoms. The number of nitrogens with zero attached hydrogens (tertiary/aromatic N) is 4. The number of sulfonamides is 1. The Morgan fingerprint density at radius 3 is 2.29 bits per heavy atom. The lowest BCUT2D eigenvalue weighted by Crippen LogP contribution is -2.53. The number of morpholine rings is 1. The second kappa shape index (κ2) is 11.2. The van der Waals surface area contributed by atoms with Crippen LogP contribution in [-0.2, 0) is 19.6 Å². The Morgan fingerprint density at radius 2 is 1.62 bits per heavy atom. The normalized spacial score (nSPS) is 21.1. The van der Waals surface area contributed by atoms with Crippen LogP contribution in [0, 0.1) is 0 Å². The minimum atomic E-state index is -3.66. The molecule has 1 aromatic carbocycles. The van der Waals surface area contributed by atoms with E-state index in [1.54, 1.807) is 35.0 Å². The van der Waals surface area contributed by atoms with Crippen molar-refractivity contribution >= 4 is 21.8 Å². The molecular weight excluding hydrogens is 456 g/mol. The molecule has 188 valence electrons. The molecule has 2 saturated heterocycles. The number of rotatable bonds is 6. The average Bonchev–Trinajstić information content (AvgIpc) is 2.89. The van der Waals surface area contributed by atoms with Crippen molar-refractivity contribution in [3.05, 3.63) is 29.8 Å². The molecule has 2 amide bonds. The van der Waals surface area contributed by atoms with Crippen LogP contribution in [0.2, 0.25) is 0 Å². The van der Waals surface area contributed by atoms with E-state index in [1.807, 2.05) is 0 Å². The molecule has 2 aliphatic heterocycles. The molecule has 10 heteroatoms. The molecule has 1 aliphatic carbocycles. The van der Waals surface area contributed by atoms with Gasteiger partial charge in [-0.25, -0.2) is 8.42 Å². The van der Waals surface area contributed by atoms with Crippen molar-refractivity contribution in [2.24, 2.45) is 0 Å². The van der Waals surface area contributed by atoms with E-state index in [9.17, 15) is 18.0 Å². The van der Waals surface area contributed by atoms with Crippen molar-refractivity contribution in [3.8, 4) is 0 Å². The fourth-order valence-corrected chi connectivity index (χ4v) is 6.45. The number of piperazine rings is 1. The summed E-state index contributed by atoms with van der Waals surface area (Å²) in [6.45, 7) is 5.06. The lowest BCUT2D eigenvalue weighted by Gasteiger charge is -2.36. The van der Waals surface area contributed by atoms with E-state index in [2.05, 4.69) is 4.90 Å². The van der Waals surface area contributed by atoms with Gasteiger partial charge in [0.15, 0.2) is 0 Å². The van der Waals surface area contributed by atoms with E-state index >= 15 is 0 Å². The van der Waals surface area contributed by atoms with Gasteiger partial charge in [-0.15, -0.1) is 0 Å². The third kappa shape index (κ3) is 5.79. The summed E-state index contributed by atoms with van der Waals surface area (Å²) in [5, 5.41) is 0. The molecule has 1 saturated carbocycles. The van der Waals surface area contributed by atoms with Gasteiger partial charge in [0.1, 0.15) is 0 Å². The van der Waals surface area contributed by atoms with Crippen LogP contribution in [0.5, 0.6) is 0 Å². The van der Waals surface area contributed by atoms with Gasteiger partial charge in [0.05, 0.1) is 24.7 Å². The summed E-state index contributed by atoms with van der Waals surface area (Å²) < 4.78 is 33.2. The molecule has 0 unspecified atom stereocenters. The van der Waals surface area contributed by atoms with Gasteiger partial charge in [0, 0.05) is 57.9 Å². The van der Waals surface area contributed by atoms with Crippen molar-refractivity contribution < 1.29 is 22.7 Å². The number of hydrogen-bond donors (Lipinski definition) is 0. The summed E-state index contributed by atoms with van der Waals surface area (Å²) in [5.74, 6) is -0.120. The summed E-state index contributed by atoms with van der Waals surface area (Å²) in [6.07, 6.45) is 5.00. The van der Waals surface area contributed by atoms with Gasteiger partial charge < -0.3 is 14.5 Å². The second-order valence-electron chi connectivity index (χ2n) is 9.40. The van der Waals surface area contributed by atoms with Crippen molar-refractivity contribution in [3.63, 3.8) is 0 Å². The molecule has 3 fully saturated rings. The first-order chi connectivity index (χ1) is 16.4. The zero-order valence-corrected chi connectivity index (χ0v) is 20.8. The molecule has 0 atom stereocenters. The predicted molar refractivity (Wildman–Crippen MR) is 128 cm³/mol. The maximum atomic E-state index is 13.2. The summed E-state index contributed by atoms with van der Waals surface area (Å²) >= 11 is 0. The highest BCUT2D eigenvalue weighted by molar-refractivity contribution is 7.89. The highest BCUT2D eigenvalue weighted by Gasteiger charge is 2.31. The van der Waals surface area contributed by atoms with Crippen LogP contribution in [0.3, 0.4) is 0 Å². The highest BCUT2D eigenvalue weighted by atomic mass is 32.2. The van der Waals surface area contributed by atoms with E-state index < -0.39 is 10.0 Å². The average molecular weight is 493 g/mol. The topological polar surface area (TPSA) is 90.5 Å². The van der Waals surface area contributed by atoms with Crippen LogP contribution in [0.1, 0.15) is 42.5 Å². The largest absolute Gasteiger partial charge is 0.379 e. The van der Waals surface area contributed by atoms with Gasteiger partial charge in [-0.05, 0) is 31.0 Å². The SMILES string of the molecule is CN(C1CCCCC1)S(=O)(=O)c1cccc(C(=O)N2CCN(C(=O)CN3CCOCC3)CC2)c1. The van der Waals surface area contributed by atoms with Crippen molar-refractivity contribution in [2.45, 2.75) is 43.0 Å². The summed E-state index contributed by atoms with van der Waals surface area (Å²) in [5.41, 5.74) is 0.367. The Morgan fingerprint density at radius 1 is 0.971 bits per heavy atom. The first-order valence-corrected chi connectivity index (χ1v) is 13.8. The van der Waals surface area contributed by atoms with E-state index in [0.717, 1.165) is 45.2 Å². The molecule has 4 rings (SSSR count). The number of carbonyl (C=O) groups excluding carboxylic acids is 2. The third-order valence-corrected chi connectivity index (χ3v) is 9.14. The van der Waals surface area contributed by atoms with Crippen molar-refractivity contribution in [1.82, 2.24) is 19.0 Å². The molecule has 1 aromatic rings. The van der Waals surface area contributed by atoms with E-state index in [1.165, 1.54) is 10.4 Å². The maximum absolute atomic E-state index is 13.2. The van der Waals surface area contributed by atoms with Crippen LogP contribution in [0.15, 0.2) is 29.2 Å². The number of carbonyl (C=O) groups is 2. The molecule has 0 N–H and O–H groups in total. The minimum absolute atomic E-state index is 0.0150. The monoisotopic (exact) mass is 492 g/mol. The Bertz CT molecular complexity index is 965. The van der Waals surface area contributed by atoms with Crippen molar-refractivity contribution in [2.75, 3.05) is 66.1 Å². The number of benzene rings is 1. The fraction of sp³-hybridized carbons (Fsp3) is 0.667. The quantitative estimate of drug-likeness (QED) is 0.594. The fourth-order valence-electron chi connectivity index (χ4n) is 4.99. The van der Waals surface area contributed by atoms with Gasteiger partial charge in [-0.3, -0.25) is 14.5 Å². The summed E-state index contributed by atoms with van der Waals surface area (Å²) in [7, 11) is -2.02. The minimum Gasteiger partial charge on any atom is -0.379 e. The van der Waals surface area contributed by atoms with Gasteiger partial charge in [-0.1, -0.05) is 25.3 Å². The lowest BCUT2D eigenvalue weighted by atomic mass is 9.96. The van der Waals surface area contributed by atoms with Crippen LogP contribution in [0.4, 0.5) is 0 Å². The molecule has 3 aliphatic rings. The molecule has 0 aromatic heterocycles. The van der Waals surface area contributed by atoms with Crippen molar-refractivity contribution in [1.29, 1.82) is 0 Å². The van der Waals surface area contributed by atoms with Crippen LogP contribution >= 0.6 is 0 Å². The number of ether oxygens (including phenoxy) is 1. The Balaban J connectivity index is 1.35. The van der Waals surface area contributed by atoms with Gasteiger partial charge in [0.25, 0.3) is 5.91 Å². The molecule has 9 nitrogen and oxygen atoms in total. The standard InChI is InChI=1S/C24H36N4O5S/c1-25(21-7-3-2-4-8-21)34(31,32)22-9-5-6-20(18-22)24(30)28-12-10-27(11-13-28)23(29)19-26-14-16-33-17-15-26/h5-6,9,18,21H,2-4,7-8,10-17,19H2,1H3. The Hall–Kier alpha value is -2.01. The predicted octanol–water partition coefficient (Wildman–Crippen LogP) is 1.26.